The quantitative estimate of drug-likeness (QED) is 0.815. The number of sulfone groups is 1. The third-order valence-corrected chi connectivity index (χ3v) is 4.79. The molecule has 1 aromatic rings. The second-order valence-electron chi connectivity index (χ2n) is 4.05. The lowest BCUT2D eigenvalue weighted by atomic mass is 10.1. The summed E-state index contributed by atoms with van der Waals surface area (Å²) >= 11 is 5.78. The van der Waals surface area contributed by atoms with Crippen molar-refractivity contribution in [1.82, 2.24) is 0 Å². The number of hydrogen-bond acceptors (Lipinski definition) is 4. The summed E-state index contributed by atoms with van der Waals surface area (Å²) in [4.78, 5) is 11.0. The molecule has 0 aromatic heterocycles. The van der Waals surface area contributed by atoms with Crippen molar-refractivity contribution in [1.29, 1.82) is 0 Å². The van der Waals surface area contributed by atoms with Crippen molar-refractivity contribution in [2.45, 2.75) is 18.2 Å². The number of hydrogen-bond donors (Lipinski definition) is 1. The van der Waals surface area contributed by atoms with Crippen molar-refractivity contribution in [2.24, 2.45) is 0 Å². The van der Waals surface area contributed by atoms with Gasteiger partial charge in [-0.1, -0.05) is 11.6 Å². The van der Waals surface area contributed by atoms with Gasteiger partial charge in [-0.2, -0.15) is 0 Å². The predicted molar refractivity (Wildman–Crippen MR) is 71.7 cm³/mol. The monoisotopic (exact) mass is 306 g/mol. The van der Waals surface area contributed by atoms with Crippen LogP contribution in [0.15, 0.2) is 17.0 Å². The van der Waals surface area contributed by atoms with E-state index in [1.54, 1.807) is 0 Å². The van der Waals surface area contributed by atoms with Gasteiger partial charge in [-0.3, -0.25) is 0 Å². The number of ether oxygens (including phenoxy) is 1. The average Bonchev–Trinajstić information content (AvgIpc) is 2.31. The number of halogens is 1. The van der Waals surface area contributed by atoms with Crippen LogP contribution in [0.3, 0.4) is 0 Å². The largest absolute Gasteiger partial charge is 0.478 e. The summed E-state index contributed by atoms with van der Waals surface area (Å²) < 4.78 is 29.1. The fraction of sp³-hybridized carbons (Fsp3) is 0.417. The molecule has 1 aromatic carbocycles. The minimum atomic E-state index is -3.57. The number of rotatable bonds is 6. The van der Waals surface area contributed by atoms with Gasteiger partial charge in [0, 0.05) is 18.7 Å². The maximum Gasteiger partial charge on any atom is 0.336 e. The third kappa shape index (κ3) is 3.92. The molecule has 0 saturated heterocycles. The molecule has 19 heavy (non-hydrogen) atoms. The Morgan fingerprint density at radius 3 is 2.58 bits per heavy atom. The van der Waals surface area contributed by atoms with Gasteiger partial charge in [0.05, 0.1) is 16.2 Å². The lowest BCUT2D eigenvalue weighted by molar-refractivity contribution is 0.0696. The molecule has 1 rings (SSSR count). The molecule has 5 nitrogen and oxygen atoms in total. The van der Waals surface area contributed by atoms with Crippen LogP contribution in [0.25, 0.3) is 0 Å². The zero-order valence-corrected chi connectivity index (χ0v) is 12.2. The lowest BCUT2D eigenvalue weighted by Gasteiger charge is -2.10. The Morgan fingerprint density at radius 2 is 2.05 bits per heavy atom. The van der Waals surface area contributed by atoms with Crippen LogP contribution in [0.5, 0.6) is 0 Å². The third-order valence-electron chi connectivity index (χ3n) is 2.65. The molecule has 0 unspecified atom stereocenters. The van der Waals surface area contributed by atoms with E-state index in [1.165, 1.54) is 26.2 Å². The molecule has 0 bridgehead atoms. The number of carbonyl (C=O) groups is 1. The second kappa shape index (κ2) is 6.36. The van der Waals surface area contributed by atoms with E-state index in [0.29, 0.717) is 13.0 Å². The Kier molecular flexibility index (Phi) is 5.34. The first kappa shape index (κ1) is 15.9. The highest BCUT2D eigenvalue weighted by atomic mass is 35.5. The van der Waals surface area contributed by atoms with Crippen LogP contribution in [0.4, 0.5) is 0 Å². The first-order chi connectivity index (χ1) is 8.79. The Hall–Kier alpha value is -1.11. The molecule has 7 heteroatoms. The van der Waals surface area contributed by atoms with Crippen LogP contribution in [0.1, 0.15) is 22.3 Å². The molecular weight excluding hydrogens is 292 g/mol. The molecular formula is C12H15ClO5S. The van der Waals surface area contributed by atoms with Crippen LogP contribution in [0, 0.1) is 6.92 Å². The molecule has 0 atom stereocenters. The maximum atomic E-state index is 12.1. The molecule has 0 aliphatic rings. The smallest absolute Gasteiger partial charge is 0.336 e. The zero-order valence-electron chi connectivity index (χ0n) is 10.6. The molecule has 0 fully saturated rings. The summed E-state index contributed by atoms with van der Waals surface area (Å²) in [5.41, 5.74) is 0.104. The molecule has 0 spiro atoms. The first-order valence-electron chi connectivity index (χ1n) is 5.54. The van der Waals surface area contributed by atoms with E-state index in [4.69, 9.17) is 21.4 Å². The SMILES string of the molecule is COCCCS(=O)(=O)c1cc(Cl)cc(C(=O)O)c1C. The number of carboxylic acids is 1. The molecule has 0 radical (unpaired) electrons. The Balaban J connectivity index is 3.23. The number of methoxy groups -OCH3 is 1. The van der Waals surface area contributed by atoms with Gasteiger partial charge in [0.15, 0.2) is 9.84 Å². The summed E-state index contributed by atoms with van der Waals surface area (Å²) in [5, 5.41) is 9.11. The molecule has 0 saturated carbocycles. The van der Waals surface area contributed by atoms with Gasteiger partial charge in [0.2, 0.25) is 0 Å². The maximum absolute atomic E-state index is 12.1. The van der Waals surface area contributed by atoms with Crippen LogP contribution < -0.4 is 0 Å². The second-order valence-corrected chi connectivity index (χ2v) is 6.56. The van der Waals surface area contributed by atoms with E-state index in [2.05, 4.69) is 0 Å². The van der Waals surface area contributed by atoms with E-state index >= 15 is 0 Å². The Labute approximate surface area is 117 Å². The fourth-order valence-electron chi connectivity index (χ4n) is 1.70. The highest BCUT2D eigenvalue weighted by molar-refractivity contribution is 7.91. The molecule has 1 N–H and O–H groups in total. The minimum Gasteiger partial charge on any atom is -0.478 e. The Bertz CT molecular complexity index is 580. The van der Waals surface area contributed by atoms with Gasteiger partial charge in [-0.25, -0.2) is 13.2 Å². The van der Waals surface area contributed by atoms with Crippen LogP contribution in [-0.2, 0) is 14.6 Å². The summed E-state index contributed by atoms with van der Waals surface area (Å²) in [6, 6.07) is 2.53. The van der Waals surface area contributed by atoms with E-state index in [9.17, 15) is 13.2 Å². The van der Waals surface area contributed by atoms with Gasteiger partial charge < -0.3 is 9.84 Å². The number of benzene rings is 1. The van der Waals surface area contributed by atoms with Crippen molar-refractivity contribution < 1.29 is 23.1 Å². The number of aromatic carboxylic acids is 1. The topological polar surface area (TPSA) is 80.7 Å². The molecule has 0 amide bonds. The van der Waals surface area contributed by atoms with Gasteiger partial charge in [0.25, 0.3) is 0 Å². The van der Waals surface area contributed by atoms with Gasteiger partial charge in [0.1, 0.15) is 0 Å². The van der Waals surface area contributed by atoms with Crippen molar-refractivity contribution in [3.63, 3.8) is 0 Å². The lowest BCUT2D eigenvalue weighted by Crippen LogP contribution is -2.13. The van der Waals surface area contributed by atoms with E-state index in [0.717, 1.165) is 0 Å². The zero-order chi connectivity index (χ0) is 14.6. The van der Waals surface area contributed by atoms with Gasteiger partial charge in [-0.15, -0.1) is 0 Å². The Morgan fingerprint density at radius 1 is 1.42 bits per heavy atom. The van der Waals surface area contributed by atoms with Crippen molar-refractivity contribution >= 4 is 27.4 Å². The highest BCUT2D eigenvalue weighted by Crippen LogP contribution is 2.25. The number of carboxylic acid groups (broad SMARTS) is 1. The van der Waals surface area contributed by atoms with Crippen LogP contribution in [0.2, 0.25) is 5.02 Å². The van der Waals surface area contributed by atoms with E-state index in [1.807, 2.05) is 0 Å². The molecule has 0 aliphatic heterocycles. The fourth-order valence-corrected chi connectivity index (χ4v) is 3.59. The first-order valence-corrected chi connectivity index (χ1v) is 7.57. The van der Waals surface area contributed by atoms with E-state index in [-0.39, 0.29) is 26.8 Å². The normalized spacial score (nSPS) is 11.5. The van der Waals surface area contributed by atoms with Crippen molar-refractivity contribution in [2.75, 3.05) is 19.5 Å². The van der Waals surface area contributed by atoms with Gasteiger partial charge >= 0.3 is 5.97 Å². The van der Waals surface area contributed by atoms with E-state index < -0.39 is 15.8 Å². The van der Waals surface area contributed by atoms with Crippen molar-refractivity contribution in [3.05, 3.63) is 28.3 Å². The average molecular weight is 307 g/mol. The van der Waals surface area contributed by atoms with Gasteiger partial charge in [-0.05, 0) is 31.0 Å². The summed E-state index contributed by atoms with van der Waals surface area (Å²) in [6.07, 6.45) is 0.340. The minimum absolute atomic E-state index is 0.0338. The summed E-state index contributed by atoms with van der Waals surface area (Å²) in [5.74, 6) is -1.31. The standard InChI is InChI=1S/C12H15ClO5S/c1-8-10(12(14)15)6-9(13)7-11(8)19(16,17)5-3-4-18-2/h6-7H,3-5H2,1-2H3,(H,14,15). The highest BCUT2D eigenvalue weighted by Gasteiger charge is 2.21. The van der Waals surface area contributed by atoms with Crippen LogP contribution in [-0.4, -0.2) is 39.0 Å². The molecule has 0 aliphatic carbocycles. The van der Waals surface area contributed by atoms with Crippen molar-refractivity contribution in [3.8, 4) is 0 Å². The predicted octanol–water partition coefficient (Wildman–Crippen LogP) is 2.16. The summed E-state index contributed by atoms with van der Waals surface area (Å²) in [7, 11) is -2.08. The van der Waals surface area contributed by atoms with Crippen LogP contribution >= 0.6 is 11.6 Å². The molecule has 106 valence electrons. The molecule has 0 heterocycles. The summed E-state index contributed by atoms with van der Waals surface area (Å²) in [6.45, 7) is 1.79.